The van der Waals surface area contributed by atoms with Crippen molar-refractivity contribution in [2.45, 2.75) is 32.2 Å². The largest absolute Gasteiger partial charge is 0.366 e. The van der Waals surface area contributed by atoms with Crippen molar-refractivity contribution in [1.82, 2.24) is 4.98 Å². The van der Waals surface area contributed by atoms with Crippen molar-refractivity contribution in [3.63, 3.8) is 0 Å². The maximum Gasteiger partial charge on any atom is 0.270 e. The Morgan fingerprint density at radius 3 is 2.86 bits per heavy atom. The molecule has 6 heteroatoms. The van der Waals surface area contributed by atoms with E-state index in [9.17, 15) is 10.1 Å². The summed E-state index contributed by atoms with van der Waals surface area (Å²) in [6.45, 7) is 2.70. The monoisotopic (exact) mass is 288 g/mol. The number of anilines is 1. The molecule has 6 nitrogen and oxygen atoms in total. The number of pyridine rings is 1. The summed E-state index contributed by atoms with van der Waals surface area (Å²) in [5, 5.41) is 14.8. The molecule has 3 N–H and O–H groups in total. The van der Waals surface area contributed by atoms with Crippen molar-refractivity contribution in [1.29, 1.82) is 0 Å². The maximum atomic E-state index is 10.8. The third-order valence-electron chi connectivity index (χ3n) is 3.43. The van der Waals surface area contributed by atoms with Crippen LogP contribution in [0.25, 0.3) is 10.9 Å². The lowest BCUT2D eigenvalue weighted by Gasteiger charge is -2.17. The molecule has 0 saturated carbocycles. The van der Waals surface area contributed by atoms with Crippen molar-refractivity contribution >= 4 is 22.4 Å². The van der Waals surface area contributed by atoms with Crippen LogP contribution >= 0.6 is 0 Å². The molecule has 0 amide bonds. The fraction of sp³-hybridized carbons (Fsp3) is 0.400. The van der Waals surface area contributed by atoms with Gasteiger partial charge < -0.3 is 11.1 Å². The van der Waals surface area contributed by atoms with Gasteiger partial charge in [0.1, 0.15) is 5.82 Å². The van der Waals surface area contributed by atoms with E-state index in [1.54, 1.807) is 6.07 Å². The van der Waals surface area contributed by atoms with E-state index in [-0.39, 0.29) is 11.7 Å². The van der Waals surface area contributed by atoms with E-state index in [1.807, 2.05) is 12.1 Å². The fourth-order valence-electron chi connectivity index (χ4n) is 2.22. The van der Waals surface area contributed by atoms with E-state index >= 15 is 0 Å². The van der Waals surface area contributed by atoms with Crippen LogP contribution in [0.15, 0.2) is 30.3 Å². The molecule has 0 radical (unpaired) electrons. The maximum absolute atomic E-state index is 10.8. The van der Waals surface area contributed by atoms with Crippen molar-refractivity contribution in [2.24, 2.45) is 5.73 Å². The van der Waals surface area contributed by atoms with Gasteiger partial charge in [-0.05, 0) is 24.6 Å². The van der Waals surface area contributed by atoms with E-state index in [2.05, 4.69) is 17.2 Å². The number of hydrogen-bond donors (Lipinski definition) is 2. The predicted octanol–water partition coefficient (Wildman–Crippen LogP) is 3.07. The summed E-state index contributed by atoms with van der Waals surface area (Å²) in [4.78, 5) is 14.8. The van der Waals surface area contributed by atoms with Gasteiger partial charge in [0.2, 0.25) is 0 Å². The van der Waals surface area contributed by atoms with Gasteiger partial charge in [0, 0.05) is 30.1 Å². The minimum Gasteiger partial charge on any atom is -0.366 e. The van der Waals surface area contributed by atoms with Crippen LogP contribution in [-0.4, -0.2) is 22.5 Å². The summed E-state index contributed by atoms with van der Waals surface area (Å²) in [5.74, 6) is 0.753. The van der Waals surface area contributed by atoms with Gasteiger partial charge in [-0.1, -0.05) is 19.8 Å². The fourth-order valence-corrected chi connectivity index (χ4v) is 2.22. The van der Waals surface area contributed by atoms with Crippen LogP contribution in [-0.2, 0) is 0 Å². The Morgan fingerprint density at radius 2 is 2.19 bits per heavy atom. The second-order valence-corrected chi connectivity index (χ2v) is 5.05. The molecule has 1 unspecified atom stereocenters. The van der Waals surface area contributed by atoms with Gasteiger partial charge in [-0.15, -0.1) is 0 Å². The van der Waals surface area contributed by atoms with Gasteiger partial charge in [0.05, 0.1) is 10.4 Å². The first-order chi connectivity index (χ1) is 10.1. The van der Waals surface area contributed by atoms with E-state index in [4.69, 9.17) is 5.73 Å². The van der Waals surface area contributed by atoms with E-state index in [0.717, 1.165) is 36.0 Å². The van der Waals surface area contributed by atoms with Gasteiger partial charge in [0.15, 0.2) is 0 Å². The van der Waals surface area contributed by atoms with Crippen molar-refractivity contribution in [3.8, 4) is 0 Å². The van der Waals surface area contributed by atoms with Gasteiger partial charge in [-0.2, -0.15) is 0 Å². The summed E-state index contributed by atoms with van der Waals surface area (Å²) in [6, 6.07) is 8.54. The number of fused-ring (bicyclic) bond motifs is 1. The molecular weight excluding hydrogens is 268 g/mol. The molecule has 0 aliphatic rings. The number of non-ortho nitro benzene ring substituents is 1. The minimum atomic E-state index is -0.402. The van der Waals surface area contributed by atoms with E-state index in [1.165, 1.54) is 12.1 Å². The van der Waals surface area contributed by atoms with Crippen LogP contribution < -0.4 is 11.1 Å². The third-order valence-corrected chi connectivity index (χ3v) is 3.43. The summed E-state index contributed by atoms with van der Waals surface area (Å²) in [5.41, 5.74) is 6.57. The lowest BCUT2D eigenvalue weighted by Crippen LogP contribution is -2.29. The number of nitro benzene ring substituents is 1. The molecule has 0 bridgehead atoms. The Morgan fingerprint density at radius 1 is 1.38 bits per heavy atom. The first-order valence-electron chi connectivity index (χ1n) is 7.16. The predicted molar refractivity (Wildman–Crippen MR) is 84.4 cm³/mol. The summed E-state index contributed by atoms with van der Waals surface area (Å²) in [6.07, 6.45) is 3.26. The molecule has 0 aliphatic carbocycles. The van der Waals surface area contributed by atoms with Crippen molar-refractivity contribution in [2.75, 3.05) is 11.9 Å². The molecule has 1 aromatic carbocycles. The van der Waals surface area contributed by atoms with Gasteiger partial charge in [-0.25, -0.2) is 4.98 Å². The quantitative estimate of drug-likeness (QED) is 0.603. The second kappa shape index (κ2) is 6.99. The molecule has 1 atom stereocenters. The molecular formula is C15H20N4O2. The zero-order valence-corrected chi connectivity index (χ0v) is 12.1. The molecule has 0 spiro atoms. The molecule has 0 saturated heterocycles. The number of rotatable bonds is 7. The number of benzene rings is 1. The first-order valence-corrected chi connectivity index (χ1v) is 7.16. The van der Waals surface area contributed by atoms with Crippen LogP contribution in [0.1, 0.15) is 26.2 Å². The van der Waals surface area contributed by atoms with Gasteiger partial charge in [-0.3, -0.25) is 10.1 Å². The number of hydrogen-bond acceptors (Lipinski definition) is 5. The number of nitrogens with one attached hydrogen (secondary N) is 1. The topological polar surface area (TPSA) is 94.1 Å². The zero-order chi connectivity index (χ0) is 15.2. The number of aromatic nitrogens is 1. The van der Waals surface area contributed by atoms with Crippen LogP contribution in [0, 0.1) is 10.1 Å². The number of nitrogens with zero attached hydrogens (tertiary/aromatic N) is 2. The van der Waals surface area contributed by atoms with E-state index in [0.29, 0.717) is 6.54 Å². The number of unbranched alkanes of at least 4 members (excludes halogenated alkanes) is 1. The molecule has 1 heterocycles. The Labute approximate surface area is 123 Å². The Kier molecular flexibility index (Phi) is 5.05. The summed E-state index contributed by atoms with van der Waals surface area (Å²) >= 11 is 0. The van der Waals surface area contributed by atoms with Crippen LogP contribution in [0.4, 0.5) is 11.5 Å². The average molecular weight is 288 g/mol. The van der Waals surface area contributed by atoms with Crippen LogP contribution in [0.2, 0.25) is 0 Å². The Balaban J connectivity index is 2.18. The summed E-state index contributed by atoms with van der Waals surface area (Å²) < 4.78 is 0. The average Bonchev–Trinajstić information content (AvgIpc) is 2.50. The molecule has 1 aromatic heterocycles. The highest BCUT2D eigenvalue weighted by atomic mass is 16.6. The molecule has 0 fully saturated rings. The molecule has 21 heavy (non-hydrogen) atoms. The lowest BCUT2D eigenvalue weighted by molar-refractivity contribution is -0.384. The van der Waals surface area contributed by atoms with Gasteiger partial charge in [0.25, 0.3) is 5.69 Å². The Hall–Kier alpha value is -2.21. The molecule has 2 rings (SSSR count). The second-order valence-electron chi connectivity index (χ2n) is 5.05. The molecule has 0 aliphatic heterocycles. The first kappa shape index (κ1) is 15.2. The normalized spacial score (nSPS) is 12.3. The SMILES string of the molecule is CCCCC(CN)Nc1ccc2cc([N+](=O)[O-])ccc2n1. The standard InChI is InChI=1S/C15H20N4O2/c1-2-3-4-12(10-16)17-15-8-5-11-9-13(19(20)21)6-7-14(11)18-15/h5-9,12H,2-4,10,16H2,1H3,(H,17,18). The summed E-state index contributed by atoms with van der Waals surface area (Å²) in [7, 11) is 0. The minimum absolute atomic E-state index is 0.0767. The van der Waals surface area contributed by atoms with E-state index < -0.39 is 4.92 Å². The highest BCUT2D eigenvalue weighted by molar-refractivity contribution is 5.82. The van der Waals surface area contributed by atoms with Crippen molar-refractivity contribution in [3.05, 3.63) is 40.4 Å². The Bertz CT molecular complexity index is 630. The lowest BCUT2D eigenvalue weighted by atomic mass is 10.1. The molecule has 112 valence electrons. The van der Waals surface area contributed by atoms with Gasteiger partial charge >= 0.3 is 0 Å². The number of nitro groups is 1. The molecule has 2 aromatic rings. The van der Waals surface area contributed by atoms with Crippen LogP contribution in [0.3, 0.4) is 0 Å². The van der Waals surface area contributed by atoms with Crippen molar-refractivity contribution < 1.29 is 4.92 Å². The number of nitrogens with two attached hydrogens (primary N) is 1. The highest BCUT2D eigenvalue weighted by Crippen LogP contribution is 2.21. The smallest absolute Gasteiger partial charge is 0.270 e. The third kappa shape index (κ3) is 3.88. The zero-order valence-electron chi connectivity index (χ0n) is 12.1. The highest BCUT2D eigenvalue weighted by Gasteiger charge is 2.09. The van der Waals surface area contributed by atoms with Crippen LogP contribution in [0.5, 0.6) is 0 Å².